The number of para-hydroxylation sites is 2. The zero-order valence-corrected chi connectivity index (χ0v) is 18.1. The first-order valence-electron chi connectivity index (χ1n) is 9.95. The number of benzene rings is 1. The van der Waals surface area contributed by atoms with Gasteiger partial charge in [-0.25, -0.2) is 4.98 Å². The molecular weight excluding hydrogens is 402 g/mol. The summed E-state index contributed by atoms with van der Waals surface area (Å²) in [6.07, 6.45) is 6.64. The minimum Gasteiger partial charge on any atom is -0.495 e. The van der Waals surface area contributed by atoms with Gasteiger partial charge in [0, 0.05) is 17.1 Å². The summed E-state index contributed by atoms with van der Waals surface area (Å²) in [6, 6.07) is 9.78. The smallest absolute Gasteiger partial charge is 0.267 e. The summed E-state index contributed by atoms with van der Waals surface area (Å²) in [6.45, 7) is 0. The molecule has 0 atom stereocenters. The Labute approximate surface area is 178 Å². The largest absolute Gasteiger partial charge is 0.495 e. The van der Waals surface area contributed by atoms with Gasteiger partial charge < -0.3 is 4.74 Å². The Bertz CT molecular complexity index is 1130. The van der Waals surface area contributed by atoms with Gasteiger partial charge in [-0.2, -0.15) is 5.26 Å². The van der Waals surface area contributed by atoms with E-state index in [0.29, 0.717) is 17.3 Å². The van der Waals surface area contributed by atoms with E-state index in [1.54, 1.807) is 34.8 Å². The lowest BCUT2D eigenvalue weighted by Gasteiger charge is -2.15. The number of hydrogen-bond acceptors (Lipinski definition) is 6. The van der Waals surface area contributed by atoms with Crippen LogP contribution in [0.2, 0.25) is 0 Å². The number of hydrogen-bond donors (Lipinski definition) is 0. The summed E-state index contributed by atoms with van der Waals surface area (Å²) in [5.74, 6) is 1.48. The molecule has 0 saturated heterocycles. The number of ether oxygens (including phenoxy) is 1. The second kappa shape index (κ2) is 9.02. The third-order valence-electron chi connectivity index (χ3n) is 5.20. The lowest BCUT2D eigenvalue weighted by Crippen LogP contribution is -2.22. The summed E-state index contributed by atoms with van der Waals surface area (Å²) in [5, 5.41) is 10.2. The third-order valence-corrected chi connectivity index (χ3v) is 7.41. The number of thiophene rings is 1. The average Bonchev–Trinajstić information content (AvgIpc) is 3.12. The van der Waals surface area contributed by atoms with Gasteiger partial charge in [0.15, 0.2) is 5.16 Å². The van der Waals surface area contributed by atoms with E-state index >= 15 is 0 Å². The Balaban J connectivity index is 1.85. The molecule has 4 rings (SSSR count). The molecule has 0 spiro atoms. The van der Waals surface area contributed by atoms with Crippen molar-refractivity contribution in [2.45, 2.75) is 50.1 Å². The van der Waals surface area contributed by atoms with Crippen LogP contribution in [0.3, 0.4) is 0 Å². The highest BCUT2D eigenvalue weighted by atomic mass is 32.2. The van der Waals surface area contributed by atoms with Gasteiger partial charge in [0.2, 0.25) is 0 Å². The zero-order chi connectivity index (χ0) is 20.2. The molecule has 2 heterocycles. The molecule has 0 bridgehead atoms. The Hall–Kier alpha value is -2.30. The summed E-state index contributed by atoms with van der Waals surface area (Å²) in [7, 11) is 1.62. The van der Waals surface area contributed by atoms with E-state index < -0.39 is 0 Å². The van der Waals surface area contributed by atoms with Gasteiger partial charge in [-0.1, -0.05) is 23.9 Å². The minimum absolute atomic E-state index is 0.00146. The van der Waals surface area contributed by atoms with E-state index in [1.807, 2.05) is 24.3 Å². The Kier molecular flexibility index (Phi) is 6.22. The van der Waals surface area contributed by atoms with Crippen molar-refractivity contribution in [2.75, 3.05) is 12.9 Å². The summed E-state index contributed by atoms with van der Waals surface area (Å²) in [4.78, 5) is 20.8. The normalized spacial score (nSPS) is 13.2. The molecular formula is C22H23N3O2S2. The van der Waals surface area contributed by atoms with Crippen LogP contribution in [-0.4, -0.2) is 22.4 Å². The van der Waals surface area contributed by atoms with Crippen LogP contribution in [0.25, 0.3) is 15.9 Å². The second-order valence-corrected chi connectivity index (χ2v) is 9.21. The first-order chi connectivity index (χ1) is 14.2. The Morgan fingerprint density at radius 3 is 2.93 bits per heavy atom. The highest BCUT2D eigenvalue weighted by Gasteiger charge is 2.23. The fourth-order valence-electron chi connectivity index (χ4n) is 3.78. The van der Waals surface area contributed by atoms with Crippen LogP contribution in [0.1, 0.15) is 42.5 Å². The van der Waals surface area contributed by atoms with Crippen LogP contribution >= 0.6 is 23.1 Å². The van der Waals surface area contributed by atoms with Gasteiger partial charge in [0.05, 0.1) is 24.3 Å². The molecule has 150 valence electrons. The van der Waals surface area contributed by atoms with Gasteiger partial charge in [0.1, 0.15) is 10.6 Å². The van der Waals surface area contributed by atoms with Crippen LogP contribution in [-0.2, 0) is 12.8 Å². The van der Waals surface area contributed by atoms with Gasteiger partial charge >= 0.3 is 0 Å². The molecule has 0 radical (unpaired) electrons. The van der Waals surface area contributed by atoms with Crippen molar-refractivity contribution < 1.29 is 4.74 Å². The number of unbranched alkanes of at least 4 members (excludes halogenated alkanes) is 2. The third kappa shape index (κ3) is 3.92. The molecule has 0 unspecified atom stereocenters. The van der Waals surface area contributed by atoms with Crippen molar-refractivity contribution in [1.82, 2.24) is 9.55 Å². The fourth-order valence-corrected chi connectivity index (χ4v) is 6.09. The molecule has 1 aliphatic carbocycles. The molecule has 29 heavy (non-hydrogen) atoms. The quantitative estimate of drug-likeness (QED) is 0.298. The van der Waals surface area contributed by atoms with Crippen LogP contribution in [0.5, 0.6) is 5.75 Å². The number of rotatable bonds is 7. The van der Waals surface area contributed by atoms with Crippen molar-refractivity contribution in [3.63, 3.8) is 0 Å². The number of thioether (sulfide) groups is 1. The van der Waals surface area contributed by atoms with Crippen LogP contribution in [0.4, 0.5) is 0 Å². The summed E-state index contributed by atoms with van der Waals surface area (Å²) >= 11 is 3.26. The number of aromatic nitrogens is 2. The highest BCUT2D eigenvalue weighted by Crippen LogP contribution is 2.36. The van der Waals surface area contributed by atoms with E-state index in [-0.39, 0.29) is 5.56 Å². The highest BCUT2D eigenvalue weighted by molar-refractivity contribution is 7.99. The van der Waals surface area contributed by atoms with E-state index in [9.17, 15) is 4.79 Å². The van der Waals surface area contributed by atoms with Crippen molar-refractivity contribution in [3.8, 4) is 17.5 Å². The molecule has 3 aromatic rings. The number of fused-ring (bicyclic) bond motifs is 3. The predicted molar refractivity (Wildman–Crippen MR) is 119 cm³/mol. The van der Waals surface area contributed by atoms with Gasteiger partial charge in [-0.15, -0.1) is 11.3 Å². The van der Waals surface area contributed by atoms with Crippen molar-refractivity contribution in [1.29, 1.82) is 5.26 Å². The lowest BCUT2D eigenvalue weighted by atomic mass is 9.97. The van der Waals surface area contributed by atoms with E-state index in [4.69, 9.17) is 15.0 Å². The standard InChI is InChI=1S/C22H23N3O2S2/c1-27-17-11-5-4-10-16(17)25-21(26)19-15-9-3-6-12-18(15)29-20(19)24-22(25)28-14-8-2-7-13-23/h4-5,10-11H,2-3,6-9,12,14H2,1H3. The lowest BCUT2D eigenvalue weighted by molar-refractivity contribution is 0.411. The monoisotopic (exact) mass is 425 g/mol. The van der Waals surface area contributed by atoms with Crippen molar-refractivity contribution >= 4 is 33.3 Å². The van der Waals surface area contributed by atoms with Crippen LogP contribution in [0, 0.1) is 11.3 Å². The number of nitriles is 1. The molecule has 0 fully saturated rings. The van der Waals surface area contributed by atoms with Gasteiger partial charge in [-0.05, 0) is 56.2 Å². The summed E-state index contributed by atoms with van der Waals surface area (Å²) < 4.78 is 7.26. The van der Waals surface area contributed by atoms with Gasteiger partial charge in [0.25, 0.3) is 5.56 Å². The molecule has 0 saturated carbocycles. The first-order valence-corrected chi connectivity index (χ1v) is 11.7. The van der Waals surface area contributed by atoms with Crippen molar-refractivity contribution in [2.24, 2.45) is 0 Å². The number of aryl methyl sites for hydroxylation is 2. The van der Waals surface area contributed by atoms with E-state index in [0.717, 1.165) is 53.8 Å². The average molecular weight is 426 g/mol. The fraction of sp³-hybridized carbons (Fsp3) is 0.409. The molecule has 0 N–H and O–H groups in total. The number of nitrogens with zero attached hydrogens (tertiary/aromatic N) is 3. The Morgan fingerprint density at radius 1 is 1.28 bits per heavy atom. The predicted octanol–water partition coefficient (Wildman–Crippen LogP) is 5.12. The topological polar surface area (TPSA) is 67.9 Å². The van der Waals surface area contributed by atoms with Crippen LogP contribution in [0.15, 0.2) is 34.2 Å². The van der Waals surface area contributed by atoms with Gasteiger partial charge in [-0.3, -0.25) is 9.36 Å². The maximum Gasteiger partial charge on any atom is 0.267 e. The molecule has 0 aliphatic heterocycles. The molecule has 2 aromatic heterocycles. The second-order valence-electron chi connectivity index (χ2n) is 7.06. The maximum atomic E-state index is 13.7. The molecule has 1 aromatic carbocycles. The molecule has 5 nitrogen and oxygen atoms in total. The molecule has 1 aliphatic rings. The minimum atomic E-state index is -0.00146. The van der Waals surface area contributed by atoms with E-state index in [2.05, 4.69) is 6.07 Å². The SMILES string of the molecule is COc1ccccc1-n1c(SCCCCC#N)nc2sc3c(c2c1=O)CCCC3. The van der Waals surface area contributed by atoms with Crippen molar-refractivity contribution in [3.05, 3.63) is 45.1 Å². The van der Waals surface area contributed by atoms with E-state index in [1.165, 1.54) is 16.9 Å². The Morgan fingerprint density at radius 2 is 2.10 bits per heavy atom. The maximum absolute atomic E-state index is 13.7. The first kappa shape index (κ1) is 20.0. The molecule has 7 heteroatoms. The number of methoxy groups -OCH3 is 1. The summed E-state index contributed by atoms with van der Waals surface area (Å²) in [5.41, 5.74) is 1.92. The zero-order valence-electron chi connectivity index (χ0n) is 16.4. The van der Waals surface area contributed by atoms with Crippen LogP contribution < -0.4 is 10.3 Å². The molecule has 0 amide bonds.